The lowest BCUT2D eigenvalue weighted by molar-refractivity contribution is 0.0607. The first-order valence-electron chi connectivity index (χ1n) is 8.01. The Bertz CT molecular complexity index is 941. The van der Waals surface area contributed by atoms with Crippen molar-refractivity contribution in [3.05, 3.63) is 34.0 Å². The van der Waals surface area contributed by atoms with Crippen molar-refractivity contribution < 1.29 is 27.4 Å². The average Bonchev–Trinajstić information content (AvgIpc) is 3.03. The number of hydrogen-bond acceptors (Lipinski definition) is 7. The number of methoxy groups -OCH3 is 3. The van der Waals surface area contributed by atoms with Gasteiger partial charge in [-0.25, -0.2) is 13.2 Å². The Morgan fingerprint density at radius 1 is 1.04 bits per heavy atom. The summed E-state index contributed by atoms with van der Waals surface area (Å²) in [7, 11) is 0.188. The van der Waals surface area contributed by atoms with Crippen LogP contribution < -0.4 is 14.2 Å². The molecule has 7 nitrogen and oxygen atoms in total. The van der Waals surface area contributed by atoms with Gasteiger partial charge in [-0.2, -0.15) is 0 Å². The van der Waals surface area contributed by atoms with E-state index in [2.05, 4.69) is 4.72 Å². The van der Waals surface area contributed by atoms with E-state index >= 15 is 0 Å². The molecular formula is C18H23NO6S2. The van der Waals surface area contributed by atoms with E-state index in [-0.39, 0.29) is 26.6 Å². The number of ether oxygens (including phenoxy) is 3. The van der Waals surface area contributed by atoms with Gasteiger partial charge in [0, 0.05) is 10.9 Å². The molecule has 27 heavy (non-hydrogen) atoms. The van der Waals surface area contributed by atoms with Crippen molar-refractivity contribution in [3.8, 4) is 11.5 Å². The molecule has 0 saturated heterocycles. The maximum Gasteiger partial charge on any atom is 0.350 e. The summed E-state index contributed by atoms with van der Waals surface area (Å²) >= 11 is 1.20. The Kier molecular flexibility index (Phi) is 6.06. The molecule has 0 aliphatic carbocycles. The van der Waals surface area contributed by atoms with Crippen LogP contribution in [0.25, 0.3) is 0 Å². The molecule has 148 valence electrons. The molecule has 0 atom stereocenters. The van der Waals surface area contributed by atoms with E-state index in [1.807, 2.05) is 20.8 Å². The van der Waals surface area contributed by atoms with Gasteiger partial charge in [-0.1, -0.05) is 20.8 Å². The Morgan fingerprint density at radius 2 is 1.67 bits per heavy atom. The number of nitrogens with one attached hydrogen (secondary N) is 1. The van der Waals surface area contributed by atoms with Gasteiger partial charge >= 0.3 is 5.97 Å². The highest BCUT2D eigenvalue weighted by atomic mass is 32.2. The fraction of sp³-hybridized carbons (Fsp3) is 0.389. The predicted molar refractivity (Wildman–Crippen MR) is 105 cm³/mol. The van der Waals surface area contributed by atoms with Crippen LogP contribution in [0.5, 0.6) is 11.5 Å². The second-order valence-corrected chi connectivity index (χ2v) is 9.45. The number of esters is 1. The Morgan fingerprint density at radius 3 is 2.19 bits per heavy atom. The van der Waals surface area contributed by atoms with Crippen LogP contribution in [0.15, 0.2) is 29.2 Å². The summed E-state index contributed by atoms with van der Waals surface area (Å²) in [6.07, 6.45) is 0. The first kappa shape index (κ1) is 21.0. The minimum Gasteiger partial charge on any atom is -0.493 e. The van der Waals surface area contributed by atoms with Gasteiger partial charge in [0.1, 0.15) is 4.88 Å². The van der Waals surface area contributed by atoms with Crippen LogP contribution in [0.2, 0.25) is 0 Å². The summed E-state index contributed by atoms with van der Waals surface area (Å²) in [5.74, 6) is 0.104. The second kappa shape index (κ2) is 7.77. The number of anilines is 1. The van der Waals surface area contributed by atoms with Crippen LogP contribution in [0.1, 0.15) is 35.3 Å². The zero-order valence-electron chi connectivity index (χ0n) is 16.1. The van der Waals surface area contributed by atoms with Crippen molar-refractivity contribution in [3.63, 3.8) is 0 Å². The molecule has 9 heteroatoms. The monoisotopic (exact) mass is 413 g/mol. The van der Waals surface area contributed by atoms with Gasteiger partial charge in [-0.05, 0) is 23.6 Å². The molecule has 0 aliphatic rings. The van der Waals surface area contributed by atoms with E-state index in [0.717, 1.165) is 4.88 Å². The van der Waals surface area contributed by atoms with Crippen molar-refractivity contribution in [1.82, 2.24) is 0 Å². The topological polar surface area (TPSA) is 90.9 Å². The Balaban J connectivity index is 2.48. The number of carbonyl (C=O) groups excluding carboxylic acids is 1. The van der Waals surface area contributed by atoms with Gasteiger partial charge in [0.25, 0.3) is 10.0 Å². The van der Waals surface area contributed by atoms with E-state index < -0.39 is 16.0 Å². The van der Waals surface area contributed by atoms with Crippen LogP contribution in [0.4, 0.5) is 5.69 Å². The van der Waals surface area contributed by atoms with E-state index in [0.29, 0.717) is 5.75 Å². The largest absolute Gasteiger partial charge is 0.493 e. The molecule has 0 fully saturated rings. The third kappa shape index (κ3) is 4.54. The standard InChI is InChI=1S/C18H23NO6S2/c1-18(2,3)15-10-12(16(26-15)17(20)25-6)19-27(21,22)11-7-8-13(23-4)14(9-11)24-5/h7-10,19H,1-6H3. The molecule has 0 unspecified atom stereocenters. The number of thiophene rings is 1. The molecule has 2 aromatic rings. The summed E-state index contributed by atoms with van der Waals surface area (Å²) < 4.78 is 43.2. The molecule has 0 amide bonds. The fourth-order valence-corrected chi connectivity index (χ4v) is 4.50. The quantitative estimate of drug-likeness (QED) is 0.727. The maximum absolute atomic E-state index is 12.8. The SMILES string of the molecule is COC(=O)c1sc(C(C)(C)C)cc1NS(=O)(=O)c1ccc(OC)c(OC)c1. The molecule has 0 saturated carbocycles. The number of sulfonamides is 1. The van der Waals surface area contributed by atoms with Crippen LogP contribution in [-0.2, 0) is 20.2 Å². The van der Waals surface area contributed by atoms with Crippen LogP contribution >= 0.6 is 11.3 Å². The number of carbonyl (C=O) groups is 1. The van der Waals surface area contributed by atoms with Gasteiger partial charge < -0.3 is 14.2 Å². The molecule has 1 heterocycles. The predicted octanol–water partition coefficient (Wildman–Crippen LogP) is 3.65. The maximum atomic E-state index is 12.8. The molecule has 2 rings (SSSR count). The van der Waals surface area contributed by atoms with Crippen molar-refractivity contribution in [2.24, 2.45) is 0 Å². The van der Waals surface area contributed by atoms with Crippen LogP contribution in [0, 0.1) is 0 Å². The summed E-state index contributed by atoms with van der Waals surface area (Å²) in [5, 5.41) is 0. The van der Waals surface area contributed by atoms with Gasteiger partial charge in [-0.15, -0.1) is 11.3 Å². The molecule has 0 aliphatic heterocycles. The lowest BCUT2D eigenvalue weighted by Crippen LogP contribution is -2.15. The minimum absolute atomic E-state index is 0.0144. The van der Waals surface area contributed by atoms with Crippen LogP contribution in [-0.4, -0.2) is 35.7 Å². The Labute approximate surface area is 163 Å². The summed E-state index contributed by atoms with van der Waals surface area (Å²) in [4.78, 5) is 13.1. The normalized spacial score (nSPS) is 11.8. The smallest absolute Gasteiger partial charge is 0.350 e. The van der Waals surface area contributed by atoms with E-state index in [9.17, 15) is 13.2 Å². The lowest BCUT2D eigenvalue weighted by Gasteiger charge is -2.15. The molecule has 1 N–H and O–H groups in total. The van der Waals surface area contributed by atoms with Gasteiger partial charge in [0.2, 0.25) is 0 Å². The fourth-order valence-electron chi connectivity index (χ4n) is 2.27. The summed E-state index contributed by atoms with van der Waals surface area (Å²) in [6.45, 7) is 5.94. The molecule has 0 radical (unpaired) electrons. The third-order valence-electron chi connectivity index (χ3n) is 3.75. The number of hydrogen-bond donors (Lipinski definition) is 1. The van der Waals surface area contributed by atoms with Crippen molar-refractivity contribution in [2.45, 2.75) is 31.1 Å². The van der Waals surface area contributed by atoms with Crippen molar-refractivity contribution in [2.75, 3.05) is 26.1 Å². The summed E-state index contributed by atoms with van der Waals surface area (Å²) in [6, 6.07) is 5.92. The summed E-state index contributed by atoms with van der Waals surface area (Å²) in [5.41, 5.74) is -0.0629. The van der Waals surface area contributed by atoms with Gasteiger partial charge in [0.15, 0.2) is 11.5 Å². The average molecular weight is 414 g/mol. The second-order valence-electron chi connectivity index (χ2n) is 6.72. The molecule has 0 spiro atoms. The Hall–Kier alpha value is -2.26. The third-order valence-corrected chi connectivity index (χ3v) is 6.66. The molecule has 1 aromatic carbocycles. The first-order valence-corrected chi connectivity index (χ1v) is 10.3. The highest BCUT2D eigenvalue weighted by molar-refractivity contribution is 7.92. The van der Waals surface area contributed by atoms with E-state index in [4.69, 9.17) is 14.2 Å². The van der Waals surface area contributed by atoms with E-state index in [1.54, 1.807) is 6.07 Å². The van der Waals surface area contributed by atoms with E-state index in [1.165, 1.54) is 50.9 Å². The highest BCUT2D eigenvalue weighted by Gasteiger charge is 2.27. The zero-order chi connectivity index (χ0) is 20.4. The van der Waals surface area contributed by atoms with Crippen LogP contribution in [0.3, 0.4) is 0 Å². The number of benzene rings is 1. The highest BCUT2D eigenvalue weighted by Crippen LogP contribution is 2.37. The minimum atomic E-state index is -3.95. The molecular weight excluding hydrogens is 390 g/mol. The van der Waals surface area contributed by atoms with Gasteiger partial charge in [-0.3, -0.25) is 4.72 Å². The van der Waals surface area contributed by atoms with Crippen molar-refractivity contribution >= 4 is 33.0 Å². The van der Waals surface area contributed by atoms with Gasteiger partial charge in [0.05, 0.1) is 31.9 Å². The number of rotatable bonds is 6. The lowest BCUT2D eigenvalue weighted by atomic mass is 9.95. The molecule has 0 bridgehead atoms. The molecule has 1 aromatic heterocycles. The van der Waals surface area contributed by atoms with Crippen molar-refractivity contribution in [1.29, 1.82) is 0 Å². The zero-order valence-corrected chi connectivity index (χ0v) is 17.7. The first-order chi connectivity index (χ1) is 12.5.